The third kappa shape index (κ3) is 2.69. The second-order valence-corrected chi connectivity index (χ2v) is 6.67. The first-order valence-electron chi connectivity index (χ1n) is 7.13. The number of rotatable bonds is 2. The zero-order valence-electron chi connectivity index (χ0n) is 13.5. The van der Waals surface area contributed by atoms with Crippen LogP contribution in [0.5, 0.6) is 0 Å². The first kappa shape index (κ1) is 16.0. The predicted octanol–water partition coefficient (Wildman–Crippen LogP) is 5.53. The van der Waals surface area contributed by atoms with Gasteiger partial charge in [-0.2, -0.15) is 0 Å². The maximum Gasteiger partial charge on any atom is 0.194 e. The highest BCUT2D eigenvalue weighted by Crippen LogP contribution is 2.30. The van der Waals surface area contributed by atoms with E-state index in [-0.39, 0.29) is 5.78 Å². The Hall–Kier alpha value is -1.41. The molecule has 2 aromatic carbocycles. The Morgan fingerprint density at radius 3 is 1.76 bits per heavy atom. The van der Waals surface area contributed by atoms with E-state index in [9.17, 15) is 4.79 Å². The summed E-state index contributed by atoms with van der Waals surface area (Å²) in [4.78, 5) is 13.0. The van der Waals surface area contributed by atoms with E-state index in [0.717, 1.165) is 32.3 Å². The zero-order chi connectivity index (χ0) is 15.9. The Morgan fingerprint density at radius 2 is 1.29 bits per heavy atom. The number of hydrogen-bond donors (Lipinski definition) is 0. The zero-order valence-corrected chi connectivity index (χ0v) is 15.1. The van der Waals surface area contributed by atoms with Crippen LogP contribution in [0.15, 0.2) is 22.7 Å². The van der Waals surface area contributed by atoms with Gasteiger partial charge in [0.25, 0.3) is 0 Å². The minimum atomic E-state index is 0.100. The van der Waals surface area contributed by atoms with Crippen LogP contribution in [-0.4, -0.2) is 5.78 Å². The topological polar surface area (TPSA) is 17.1 Å². The number of carbonyl (C=O) groups excluding carboxylic acids is 1. The van der Waals surface area contributed by atoms with Gasteiger partial charge in [0.1, 0.15) is 0 Å². The lowest BCUT2D eigenvalue weighted by atomic mass is 9.86. The molecule has 0 saturated heterocycles. The quantitative estimate of drug-likeness (QED) is 0.654. The van der Waals surface area contributed by atoms with Crippen LogP contribution < -0.4 is 0 Å². The Kier molecular flexibility index (Phi) is 4.38. The second-order valence-electron chi connectivity index (χ2n) is 5.81. The van der Waals surface area contributed by atoms with Gasteiger partial charge < -0.3 is 0 Å². The predicted molar refractivity (Wildman–Crippen MR) is 92.4 cm³/mol. The van der Waals surface area contributed by atoms with Crippen molar-refractivity contribution in [3.63, 3.8) is 0 Å². The average molecular weight is 345 g/mol. The van der Waals surface area contributed by atoms with E-state index < -0.39 is 0 Å². The van der Waals surface area contributed by atoms with Crippen molar-refractivity contribution in [1.82, 2.24) is 0 Å². The van der Waals surface area contributed by atoms with E-state index in [4.69, 9.17) is 0 Å². The van der Waals surface area contributed by atoms with Crippen LogP contribution in [0.1, 0.15) is 49.3 Å². The molecule has 110 valence electrons. The Labute approximate surface area is 135 Å². The molecule has 0 unspecified atom stereocenters. The van der Waals surface area contributed by atoms with Gasteiger partial charge in [0.15, 0.2) is 5.78 Å². The first-order valence-corrected chi connectivity index (χ1v) is 7.92. The van der Waals surface area contributed by atoms with Gasteiger partial charge in [-0.25, -0.2) is 0 Å². The Bertz CT molecular complexity index is 713. The minimum Gasteiger partial charge on any atom is -0.289 e. The molecule has 0 aliphatic carbocycles. The maximum atomic E-state index is 13.0. The van der Waals surface area contributed by atoms with Crippen LogP contribution in [-0.2, 0) is 0 Å². The average Bonchev–Trinajstić information content (AvgIpc) is 2.43. The van der Waals surface area contributed by atoms with Gasteiger partial charge in [0.2, 0.25) is 0 Å². The van der Waals surface area contributed by atoms with Crippen molar-refractivity contribution < 1.29 is 4.79 Å². The summed E-state index contributed by atoms with van der Waals surface area (Å²) < 4.78 is 0.863. The van der Waals surface area contributed by atoms with Crippen molar-refractivity contribution in [2.45, 2.75) is 41.5 Å². The van der Waals surface area contributed by atoms with Gasteiger partial charge in [-0.05, 0) is 87.1 Å². The molecule has 21 heavy (non-hydrogen) atoms. The molecule has 0 heterocycles. The van der Waals surface area contributed by atoms with Gasteiger partial charge in [-0.15, -0.1) is 0 Å². The molecule has 0 N–H and O–H groups in total. The number of hydrogen-bond acceptors (Lipinski definition) is 1. The van der Waals surface area contributed by atoms with Crippen molar-refractivity contribution >= 4 is 21.7 Å². The van der Waals surface area contributed by atoms with Crippen LogP contribution in [0.3, 0.4) is 0 Å². The monoisotopic (exact) mass is 344 g/mol. The molecule has 0 bridgehead atoms. The molecule has 2 rings (SSSR count). The highest BCUT2D eigenvalue weighted by Gasteiger charge is 2.20. The number of benzene rings is 2. The van der Waals surface area contributed by atoms with Crippen molar-refractivity contribution in [3.8, 4) is 0 Å². The lowest BCUT2D eigenvalue weighted by molar-refractivity contribution is 0.103. The summed E-state index contributed by atoms with van der Waals surface area (Å²) in [6.07, 6.45) is 0. The van der Waals surface area contributed by atoms with E-state index in [1.165, 1.54) is 16.7 Å². The van der Waals surface area contributed by atoms with Crippen LogP contribution >= 0.6 is 15.9 Å². The number of aryl methyl sites for hydroxylation is 1. The van der Waals surface area contributed by atoms with Crippen LogP contribution in [0.25, 0.3) is 0 Å². The van der Waals surface area contributed by atoms with Gasteiger partial charge in [-0.1, -0.05) is 22.0 Å². The molecule has 0 radical (unpaired) electrons. The van der Waals surface area contributed by atoms with Crippen molar-refractivity contribution in [2.24, 2.45) is 0 Å². The van der Waals surface area contributed by atoms with E-state index in [1.807, 2.05) is 39.0 Å². The molecule has 1 nitrogen and oxygen atoms in total. The molecule has 0 aromatic heterocycles. The molecule has 2 aromatic rings. The van der Waals surface area contributed by atoms with Crippen molar-refractivity contribution in [1.29, 1.82) is 0 Å². The van der Waals surface area contributed by atoms with E-state index >= 15 is 0 Å². The number of carbonyl (C=O) groups is 1. The van der Waals surface area contributed by atoms with E-state index in [0.29, 0.717) is 0 Å². The van der Waals surface area contributed by atoms with Crippen LogP contribution in [0.4, 0.5) is 0 Å². The minimum absolute atomic E-state index is 0.100. The summed E-state index contributed by atoms with van der Waals surface area (Å²) in [7, 11) is 0. The van der Waals surface area contributed by atoms with E-state index in [2.05, 4.69) is 36.7 Å². The standard InChI is InChI=1S/C19H21BrO/c1-10-7-8-16(17(20)9-10)19(21)18-14(5)12(3)11(2)13(4)15(18)6/h7-9H,1-6H3. The third-order valence-electron chi connectivity index (χ3n) is 4.60. The summed E-state index contributed by atoms with van der Waals surface area (Å²) in [6.45, 7) is 12.4. The fourth-order valence-electron chi connectivity index (χ4n) is 2.78. The molecular formula is C19H21BrO. The lowest BCUT2D eigenvalue weighted by Gasteiger charge is -2.18. The van der Waals surface area contributed by atoms with Gasteiger partial charge in [0.05, 0.1) is 0 Å². The van der Waals surface area contributed by atoms with Crippen molar-refractivity contribution in [2.75, 3.05) is 0 Å². The SMILES string of the molecule is Cc1ccc(C(=O)c2c(C)c(C)c(C)c(C)c2C)c(Br)c1. The highest BCUT2D eigenvalue weighted by atomic mass is 79.9. The second kappa shape index (κ2) is 5.76. The summed E-state index contributed by atoms with van der Waals surface area (Å²) in [5.41, 5.74) is 8.61. The largest absolute Gasteiger partial charge is 0.289 e. The summed E-state index contributed by atoms with van der Waals surface area (Å²) in [5.74, 6) is 0.100. The summed E-state index contributed by atoms with van der Waals surface area (Å²) >= 11 is 3.52. The molecule has 0 spiro atoms. The molecule has 0 amide bonds. The van der Waals surface area contributed by atoms with Crippen molar-refractivity contribution in [3.05, 3.63) is 67.2 Å². The van der Waals surface area contributed by atoms with Crippen LogP contribution in [0.2, 0.25) is 0 Å². The highest BCUT2D eigenvalue weighted by molar-refractivity contribution is 9.10. The maximum absolute atomic E-state index is 13.0. The van der Waals surface area contributed by atoms with Crippen LogP contribution in [0, 0.1) is 41.5 Å². The third-order valence-corrected chi connectivity index (χ3v) is 5.25. The van der Waals surface area contributed by atoms with E-state index in [1.54, 1.807) is 0 Å². The molecule has 0 aliphatic rings. The fraction of sp³-hybridized carbons (Fsp3) is 0.316. The molecule has 0 aliphatic heterocycles. The molecule has 0 saturated carbocycles. The Balaban J connectivity index is 2.70. The first-order chi connectivity index (χ1) is 9.75. The summed E-state index contributed by atoms with van der Waals surface area (Å²) in [5, 5.41) is 0. The fourth-order valence-corrected chi connectivity index (χ4v) is 3.45. The lowest BCUT2D eigenvalue weighted by Crippen LogP contribution is -2.11. The molecule has 2 heteroatoms. The van der Waals surface area contributed by atoms with Gasteiger partial charge >= 0.3 is 0 Å². The number of halogens is 1. The summed E-state index contributed by atoms with van der Waals surface area (Å²) in [6, 6.07) is 5.88. The number of ketones is 1. The molecule has 0 fully saturated rings. The van der Waals surface area contributed by atoms with Gasteiger partial charge in [0, 0.05) is 15.6 Å². The molecule has 0 atom stereocenters. The smallest absolute Gasteiger partial charge is 0.194 e. The molecular weight excluding hydrogens is 324 g/mol. The normalized spacial score (nSPS) is 10.8. The Morgan fingerprint density at radius 1 is 0.810 bits per heavy atom. The van der Waals surface area contributed by atoms with Gasteiger partial charge in [-0.3, -0.25) is 4.79 Å².